The minimum absolute atomic E-state index is 0.129. The summed E-state index contributed by atoms with van der Waals surface area (Å²) < 4.78 is 43.2. The zero-order valence-corrected chi connectivity index (χ0v) is 13.3. The predicted octanol–water partition coefficient (Wildman–Crippen LogP) is 3.25. The zero-order valence-electron chi connectivity index (χ0n) is 13.3. The van der Waals surface area contributed by atoms with Crippen molar-refractivity contribution in [3.05, 3.63) is 48.0 Å². The van der Waals surface area contributed by atoms with Gasteiger partial charge < -0.3 is 9.64 Å². The van der Waals surface area contributed by atoms with Gasteiger partial charge in [0, 0.05) is 38.6 Å². The Bertz CT molecular complexity index is 660. The number of methoxy groups -OCH3 is 1. The van der Waals surface area contributed by atoms with Crippen molar-refractivity contribution in [3.63, 3.8) is 0 Å². The number of alkyl halides is 3. The van der Waals surface area contributed by atoms with Crippen molar-refractivity contribution in [2.75, 3.05) is 20.2 Å². The van der Waals surface area contributed by atoms with Crippen LogP contribution >= 0.6 is 0 Å². The van der Waals surface area contributed by atoms with E-state index in [1.807, 2.05) is 0 Å². The van der Waals surface area contributed by atoms with Gasteiger partial charge in [-0.25, -0.2) is 0 Å². The number of hydrogen-bond donors (Lipinski definition) is 0. The second kappa shape index (κ2) is 7.10. The molecule has 3 nitrogen and oxygen atoms in total. The molecule has 1 saturated heterocycles. The minimum atomic E-state index is -4.36. The maximum Gasteiger partial charge on any atom is 0.416 e. The molecule has 0 spiro atoms. The Labute approximate surface area is 139 Å². The fraction of sp³-hybridized carbons (Fsp3) is 0.389. The third kappa shape index (κ3) is 4.18. The van der Waals surface area contributed by atoms with Gasteiger partial charge in [0.1, 0.15) is 5.60 Å². The Hall–Kier alpha value is -2.26. The van der Waals surface area contributed by atoms with Crippen LogP contribution in [0.4, 0.5) is 13.2 Å². The van der Waals surface area contributed by atoms with Crippen LogP contribution < -0.4 is 0 Å². The molecule has 0 N–H and O–H groups in total. The Morgan fingerprint density at radius 2 is 1.88 bits per heavy atom. The molecule has 128 valence electrons. The molecule has 1 aromatic rings. The number of ether oxygens (including phenoxy) is 1. The molecule has 1 aliphatic rings. The summed E-state index contributed by atoms with van der Waals surface area (Å²) in [5, 5.41) is 0. The lowest BCUT2D eigenvalue weighted by Gasteiger charge is -2.37. The lowest BCUT2D eigenvalue weighted by Crippen LogP contribution is -2.46. The van der Waals surface area contributed by atoms with Gasteiger partial charge in [-0.2, -0.15) is 13.2 Å². The normalized spacial score (nSPS) is 16.9. The van der Waals surface area contributed by atoms with Crippen molar-refractivity contribution >= 4 is 5.91 Å². The Morgan fingerprint density at radius 3 is 2.33 bits per heavy atom. The van der Waals surface area contributed by atoms with Crippen molar-refractivity contribution in [2.24, 2.45) is 0 Å². The highest BCUT2D eigenvalue weighted by Gasteiger charge is 2.34. The average Bonchev–Trinajstić information content (AvgIpc) is 2.59. The van der Waals surface area contributed by atoms with Crippen LogP contribution in [0.25, 0.3) is 0 Å². The highest BCUT2D eigenvalue weighted by Crippen LogP contribution is 2.29. The number of rotatable bonds is 2. The fourth-order valence-electron chi connectivity index (χ4n) is 2.53. The van der Waals surface area contributed by atoms with Crippen LogP contribution in [0.2, 0.25) is 0 Å². The van der Waals surface area contributed by atoms with E-state index in [4.69, 9.17) is 4.74 Å². The highest BCUT2D eigenvalue weighted by molar-refractivity contribution is 5.87. The van der Waals surface area contributed by atoms with Crippen LogP contribution in [0.15, 0.2) is 36.9 Å². The van der Waals surface area contributed by atoms with E-state index in [1.54, 1.807) is 12.0 Å². The number of halogens is 3. The lowest BCUT2D eigenvalue weighted by atomic mass is 9.91. The van der Waals surface area contributed by atoms with Crippen molar-refractivity contribution in [1.82, 2.24) is 4.90 Å². The summed E-state index contributed by atoms with van der Waals surface area (Å²) in [7, 11) is 1.55. The first-order valence-corrected chi connectivity index (χ1v) is 7.46. The number of nitrogens with zero attached hydrogens (tertiary/aromatic N) is 1. The number of carbonyl (C=O) groups is 1. The molecule has 0 aliphatic carbocycles. The first-order chi connectivity index (χ1) is 11.3. The van der Waals surface area contributed by atoms with Gasteiger partial charge in [0.2, 0.25) is 5.91 Å². The van der Waals surface area contributed by atoms with Crippen molar-refractivity contribution < 1.29 is 22.7 Å². The summed E-state index contributed by atoms with van der Waals surface area (Å²) in [5.41, 5.74) is -0.907. The Kier molecular flexibility index (Phi) is 5.35. The number of hydrogen-bond acceptors (Lipinski definition) is 2. The molecule has 24 heavy (non-hydrogen) atoms. The molecule has 0 unspecified atom stereocenters. The topological polar surface area (TPSA) is 29.5 Å². The summed E-state index contributed by atoms with van der Waals surface area (Å²) >= 11 is 0. The molecule has 0 aromatic heterocycles. The summed E-state index contributed by atoms with van der Waals surface area (Å²) in [6.45, 7) is 4.46. The van der Waals surface area contributed by atoms with Gasteiger partial charge in [0.05, 0.1) is 5.56 Å². The molecule has 0 radical (unpaired) electrons. The first kappa shape index (κ1) is 18.1. The number of benzene rings is 1. The molecule has 6 heteroatoms. The largest absolute Gasteiger partial charge is 0.416 e. The average molecular weight is 337 g/mol. The quantitative estimate of drug-likeness (QED) is 0.612. The number of likely N-dealkylation sites (tertiary alicyclic amines) is 1. The van der Waals surface area contributed by atoms with Gasteiger partial charge in [-0.15, -0.1) is 0 Å². The van der Waals surface area contributed by atoms with Gasteiger partial charge in [-0.3, -0.25) is 4.79 Å². The molecule has 1 aliphatic heterocycles. The second-order valence-electron chi connectivity index (χ2n) is 5.55. The van der Waals surface area contributed by atoms with Gasteiger partial charge in [-0.05, 0) is 30.3 Å². The molecule has 1 aromatic carbocycles. The summed E-state index contributed by atoms with van der Waals surface area (Å²) in [4.78, 5) is 13.3. The van der Waals surface area contributed by atoms with Gasteiger partial charge in [0.25, 0.3) is 0 Å². The van der Waals surface area contributed by atoms with E-state index < -0.39 is 17.3 Å². The standard InChI is InChI=1S/C18H18F3NO2/c1-3-16(23)22-12-10-17(24-2,11-13-22)9-8-14-4-6-15(7-5-14)18(19,20)21/h3-7H,1,10-13H2,2H3. The first-order valence-electron chi connectivity index (χ1n) is 7.46. The maximum absolute atomic E-state index is 12.5. The van der Waals surface area contributed by atoms with Crippen LogP contribution in [-0.4, -0.2) is 36.6 Å². The van der Waals surface area contributed by atoms with E-state index in [2.05, 4.69) is 18.4 Å². The van der Waals surface area contributed by atoms with E-state index in [-0.39, 0.29) is 5.91 Å². The SMILES string of the molecule is C=CC(=O)N1CCC(C#Cc2ccc(C(F)(F)F)cc2)(OC)CC1. The Morgan fingerprint density at radius 1 is 1.29 bits per heavy atom. The van der Waals surface area contributed by atoms with E-state index in [0.29, 0.717) is 31.5 Å². The minimum Gasteiger partial charge on any atom is -0.365 e. The molecular formula is C18H18F3NO2. The van der Waals surface area contributed by atoms with Crippen molar-refractivity contribution in [2.45, 2.75) is 24.6 Å². The van der Waals surface area contributed by atoms with Crippen LogP contribution in [-0.2, 0) is 15.7 Å². The maximum atomic E-state index is 12.5. The molecule has 1 fully saturated rings. The van der Waals surface area contributed by atoms with E-state index >= 15 is 0 Å². The van der Waals surface area contributed by atoms with E-state index in [1.165, 1.54) is 18.2 Å². The number of piperidine rings is 1. The molecule has 0 bridgehead atoms. The molecule has 0 atom stereocenters. The van der Waals surface area contributed by atoms with Crippen LogP contribution in [0.5, 0.6) is 0 Å². The summed E-state index contributed by atoms with van der Waals surface area (Å²) in [6.07, 6.45) is -2.01. The van der Waals surface area contributed by atoms with Crippen LogP contribution in [0, 0.1) is 11.8 Å². The summed E-state index contributed by atoms with van der Waals surface area (Å²) in [6, 6.07) is 4.70. The van der Waals surface area contributed by atoms with Crippen LogP contribution in [0.1, 0.15) is 24.0 Å². The predicted molar refractivity (Wildman–Crippen MR) is 84.1 cm³/mol. The van der Waals surface area contributed by atoms with Gasteiger partial charge >= 0.3 is 6.18 Å². The smallest absolute Gasteiger partial charge is 0.365 e. The van der Waals surface area contributed by atoms with E-state index in [9.17, 15) is 18.0 Å². The van der Waals surface area contributed by atoms with E-state index in [0.717, 1.165) is 12.1 Å². The highest BCUT2D eigenvalue weighted by atomic mass is 19.4. The Balaban J connectivity index is 2.10. The van der Waals surface area contributed by atoms with Crippen LogP contribution in [0.3, 0.4) is 0 Å². The molecule has 1 amide bonds. The third-order valence-corrected chi connectivity index (χ3v) is 4.10. The molecule has 2 rings (SSSR count). The number of amides is 1. The van der Waals surface area contributed by atoms with Crippen molar-refractivity contribution in [1.29, 1.82) is 0 Å². The fourth-order valence-corrected chi connectivity index (χ4v) is 2.53. The molecule has 0 saturated carbocycles. The van der Waals surface area contributed by atoms with Gasteiger partial charge in [-0.1, -0.05) is 18.4 Å². The summed E-state index contributed by atoms with van der Waals surface area (Å²) in [5.74, 6) is 5.77. The van der Waals surface area contributed by atoms with Crippen molar-refractivity contribution in [3.8, 4) is 11.8 Å². The molecule has 1 heterocycles. The monoisotopic (exact) mass is 337 g/mol. The third-order valence-electron chi connectivity index (χ3n) is 4.10. The molecular weight excluding hydrogens is 319 g/mol. The van der Waals surface area contributed by atoms with Gasteiger partial charge in [0.15, 0.2) is 0 Å². The lowest BCUT2D eigenvalue weighted by molar-refractivity contribution is -0.137. The second-order valence-corrected chi connectivity index (χ2v) is 5.55. The zero-order chi connectivity index (χ0) is 17.8. The number of carbonyl (C=O) groups excluding carboxylic acids is 1.